The van der Waals surface area contributed by atoms with Gasteiger partial charge in [0.1, 0.15) is 0 Å². The number of ketones is 1. The maximum absolute atomic E-state index is 11.8. The first-order valence-electron chi connectivity index (χ1n) is 4.85. The summed E-state index contributed by atoms with van der Waals surface area (Å²) in [5.41, 5.74) is -0.118. The van der Waals surface area contributed by atoms with Crippen molar-refractivity contribution in [3.63, 3.8) is 0 Å². The molecule has 0 spiro atoms. The van der Waals surface area contributed by atoms with E-state index in [0.29, 0.717) is 5.78 Å². The van der Waals surface area contributed by atoms with Crippen LogP contribution in [0.15, 0.2) is 0 Å². The number of carbonyl (C=O) groups excluding carboxylic acids is 1. The largest absolute Gasteiger partial charge is 0.307 e. The molecule has 1 N–H and O–H groups in total. The predicted octanol–water partition coefficient (Wildman–Crippen LogP) is 1.74. The fourth-order valence-electron chi connectivity index (χ4n) is 1.73. The van der Waals surface area contributed by atoms with Crippen LogP contribution in [-0.4, -0.2) is 18.4 Å². The lowest BCUT2D eigenvalue weighted by Gasteiger charge is -2.33. The summed E-state index contributed by atoms with van der Waals surface area (Å²) in [7, 11) is 0. The van der Waals surface area contributed by atoms with E-state index < -0.39 is 0 Å². The third-order valence-electron chi connectivity index (χ3n) is 2.68. The van der Waals surface area contributed by atoms with Gasteiger partial charge in [-0.3, -0.25) is 4.79 Å². The van der Waals surface area contributed by atoms with Crippen molar-refractivity contribution in [2.45, 2.75) is 46.1 Å². The van der Waals surface area contributed by atoms with Crippen LogP contribution in [-0.2, 0) is 4.79 Å². The van der Waals surface area contributed by atoms with Crippen molar-refractivity contribution in [2.75, 3.05) is 6.54 Å². The number of nitrogens with one attached hydrogen (secondary N) is 1. The van der Waals surface area contributed by atoms with Gasteiger partial charge in [0.05, 0.1) is 6.04 Å². The highest BCUT2D eigenvalue weighted by atomic mass is 16.1. The molecule has 1 aliphatic rings. The summed E-state index contributed by atoms with van der Waals surface area (Å²) in [6.07, 6.45) is 3.13. The molecule has 1 atom stereocenters. The van der Waals surface area contributed by atoms with Crippen molar-refractivity contribution in [2.24, 2.45) is 5.41 Å². The first kappa shape index (κ1) is 9.72. The SMILES string of the molecule is CCCC(C)(C)C(=O)[C@H]1CCN1. The zero-order valence-electron chi connectivity index (χ0n) is 8.31. The number of carbonyl (C=O) groups is 1. The standard InChI is InChI=1S/C10H19NO/c1-4-6-10(2,3)9(12)8-5-7-11-8/h8,11H,4-7H2,1-3H3/t8-/m1/s1. The molecule has 1 fully saturated rings. The Hall–Kier alpha value is -0.370. The minimum absolute atomic E-state index is 0.118. The quantitative estimate of drug-likeness (QED) is 0.694. The predicted molar refractivity (Wildman–Crippen MR) is 50.1 cm³/mol. The zero-order valence-corrected chi connectivity index (χ0v) is 8.31. The number of hydrogen-bond donors (Lipinski definition) is 1. The summed E-state index contributed by atoms with van der Waals surface area (Å²) in [6, 6.07) is 0.159. The molecule has 0 saturated carbocycles. The fourth-order valence-corrected chi connectivity index (χ4v) is 1.73. The first-order valence-corrected chi connectivity index (χ1v) is 4.85. The lowest BCUT2D eigenvalue weighted by Crippen LogP contribution is -2.52. The molecular weight excluding hydrogens is 150 g/mol. The Labute approximate surface area is 74.7 Å². The summed E-state index contributed by atoms with van der Waals surface area (Å²) >= 11 is 0. The Morgan fingerprint density at radius 2 is 2.17 bits per heavy atom. The smallest absolute Gasteiger partial charge is 0.155 e. The van der Waals surface area contributed by atoms with Crippen LogP contribution in [0.25, 0.3) is 0 Å². The highest BCUT2D eigenvalue weighted by Crippen LogP contribution is 2.27. The van der Waals surface area contributed by atoms with Crippen LogP contribution in [0.4, 0.5) is 0 Å². The van der Waals surface area contributed by atoms with E-state index in [9.17, 15) is 4.79 Å². The summed E-state index contributed by atoms with van der Waals surface area (Å²) in [5, 5.41) is 3.16. The molecule has 12 heavy (non-hydrogen) atoms. The molecule has 2 heteroatoms. The van der Waals surface area contributed by atoms with Crippen molar-refractivity contribution in [3.05, 3.63) is 0 Å². The van der Waals surface area contributed by atoms with Crippen molar-refractivity contribution in [3.8, 4) is 0 Å². The Morgan fingerprint density at radius 1 is 1.58 bits per heavy atom. The summed E-state index contributed by atoms with van der Waals surface area (Å²) in [5.74, 6) is 0.399. The zero-order chi connectivity index (χ0) is 9.19. The molecule has 0 aromatic carbocycles. The minimum atomic E-state index is -0.118. The fraction of sp³-hybridized carbons (Fsp3) is 0.900. The lowest BCUT2D eigenvalue weighted by molar-refractivity contribution is -0.131. The molecule has 0 amide bonds. The molecular formula is C10H19NO. The molecule has 1 rings (SSSR count). The van der Waals surface area contributed by atoms with Gasteiger partial charge in [0.2, 0.25) is 0 Å². The Kier molecular flexibility index (Phi) is 2.89. The average molecular weight is 169 g/mol. The highest BCUT2D eigenvalue weighted by Gasteiger charge is 2.35. The van der Waals surface area contributed by atoms with Gasteiger partial charge in [0.25, 0.3) is 0 Å². The molecule has 0 aromatic rings. The molecule has 2 nitrogen and oxygen atoms in total. The van der Waals surface area contributed by atoms with E-state index in [4.69, 9.17) is 0 Å². The number of Topliss-reactive ketones (excluding diaryl/α,β-unsaturated/α-hetero) is 1. The monoisotopic (exact) mass is 169 g/mol. The molecule has 70 valence electrons. The second kappa shape index (κ2) is 3.56. The van der Waals surface area contributed by atoms with E-state index in [2.05, 4.69) is 26.1 Å². The molecule has 1 heterocycles. The summed E-state index contributed by atoms with van der Waals surface area (Å²) in [4.78, 5) is 11.8. The van der Waals surface area contributed by atoms with Gasteiger partial charge >= 0.3 is 0 Å². The summed E-state index contributed by atoms with van der Waals surface area (Å²) < 4.78 is 0. The van der Waals surface area contributed by atoms with Gasteiger partial charge < -0.3 is 5.32 Å². The highest BCUT2D eigenvalue weighted by molar-refractivity contribution is 5.89. The van der Waals surface area contributed by atoms with Gasteiger partial charge in [-0.15, -0.1) is 0 Å². The van der Waals surface area contributed by atoms with Crippen LogP contribution >= 0.6 is 0 Å². The molecule has 0 bridgehead atoms. The van der Waals surface area contributed by atoms with E-state index in [1.54, 1.807) is 0 Å². The molecule has 0 unspecified atom stereocenters. The van der Waals surface area contributed by atoms with E-state index >= 15 is 0 Å². The minimum Gasteiger partial charge on any atom is -0.307 e. The van der Waals surface area contributed by atoms with Gasteiger partial charge in [-0.2, -0.15) is 0 Å². The van der Waals surface area contributed by atoms with Crippen LogP contribution < -0.4 is 5.32 Å². The van der Waals surface area contributed by atoms with Crippen LogP contribution in [0.5, 0.6) is 0 Å². The van der Waals surface area contributed by atoms with E-state index in [1.807, 2.05) is 0 Å². The van der Waals surface area contributed by atoms with E-state index in [1.165, 1.54) is 0 Å². The van der Waals surface area contributed by atoms with E-state index in [-0.39, 0.29) is 11.5 Å². The van der Waals surface area contributed by atoms with Gasteiger partial charge in [-0.05, 0) is 19.4 Å². The third-order valence-corrected chi connectivity index (χ3v) is 2.68. The first-order chi connectivity index (χ1) is 5.58. The average Bonchev–Trinajstić information content (AvgIpc) is 1.83. The molecule has 1 aliphatic heterocycles. The Balaban J connectivity index is 2.48. The van der Waals surface area contributed by atoms with Crippen LogP contribution in [0.1, 0.15) is 40.0 Å². The molecule has 0 radical (unpaired) electrons. The van der Waals surface area contributed by atoms with E-state index in [0.717, 1.165) is 25.8 Å². The van der Waals surface area contributed by atoms with Gasteiger partial charge in [0, 0.05) is 5.41 Å². The Morgan fingerprint density at radius 3 is 2.50 bits per heavy atom. The van der Waals surface area contributed by atoms with Crippen LogP contribution in [0.2, 0.25) is 0 Å². The maximum Gasteiger partial charge on any atom is 0.155 e. The van der Waals surface area contributed by atoms with Crippen molar-refractivity contribution < 1.29 is 4.79 Å². The lowest BCUT2D eigenvalue weighted by atomic mass is 9.78. The van der Waals surface area contributed by atoms with Gasteiger partial charge in [-0.25, -0.2) is 0 Å². The second-order valence-corrected chi connectivity index (χ2v) is 4.29. The van der Waals surface area contributed by atoms with Crippen molar-refractivity contribution in [1.29, 1.82) is 0 Å². The van der Waals surface area contributed by atoms with Crippen molar-refractivity contribution in [1.82, 2.24) is 5.32 Å². The maximum atomic E-state index is 11.8. The number of rotatable bonds is 4. The molecule has 0 aliphatic carbocycles. The topological polar surface area (TPSA) is 29.1 Å². The second-order valence-electron chi connectivity index (χ2n) is 4.29. The number of hydrogen-bond acceptors (Lipinski definition) is 2. The van der Waals surface area contributed by atoms with Gasteiger partial charge in [-0.1, -0.05) is 27.2 Å². The van der Waals surface area contributed by atoms with Crippen molar-refractivity contribution >= 4 is 5.78 Å². The molecule has 0 aromatic heterocycles. The normalized spacial score (nSPS) is 23.4. The Bertz CT molecular complexity index is 171. The summed E-state index contributed by atoms with van der Waals surface area (Å²) in [6.45, 7) is 7.25. The molecule has 1 saturated heterocycles. The third kappa shape index (κ3) is 1.86. The van der Waals surface area contributed by atoms with Crippen LogP contribution in [0, 0.1) is 5.41 Å². The van der Waals surface area contributed by atoms with Crippen LogP contribution in [0.3, 0.4) is 0 Å². The van der Waals surface area contributed by atoms with Gasteiger partial charge in [0.15, 0.2) is 5.78 Å².